The average Bonchev–Trinajstić information content (AvgIpc) is 3.61. The SMILES string of the molecule is CC(C)(C)OC(=O)N1NC=C2C(C#Cc3ccc(OCc4c(-c5c(Cl)cccc5Cl)noc4C4CC4)cc3Cl)=CC(C)(C(=O)O)C=C21. The van der Waals surface area contributed by atoms with Gasteiger partial charge in [0.05, 0.1) is 26.3 Å². The molecule has 47 heavy (non-hydrogen) atoms. The lowest BCUT2D eigenvalue weighted by Crippen LogP contribution is -2.41. The zero-order chi connectivity index (χ0) is 33.7. The molecule has 1 unspecified atom stereocenters. The lowest BCUT2D eigenvalue weighted by molar-refractivity contribution is -0.143. The maximum Gasteiger partial charge on any atom is 0.433 e. The molecule has 0 saturated heterocycles. The number of hydrogen-bond acceptors (Lipinski definition) is 7. The van der Waals surface area contributed by atoms with E-state index in [4.69, 9.17) is 48.8 Å². The first-order chi connectivity index (χ1) is 22.2. The van der Waals surface area contributed by atoms with Gasteiger partial charge in [0.15, 0.2) is 0 Å². The summed E-state index contributed by atoms with van der Waals surface area (Å²) in [6.45, 7) is 6.92. The van der Waals surface area contributed by atoms with Crippen LogP contribution in [0.3, 0.4) is 0 Å². The van der Waals surface area contributed by atoms with E-state index in [0.717, 1.165) is 24.2 Å². The van der Waals surface area contributed by atoms with Crippen molar-refractivity contribution >= 4 is 46.9 Å². The van der Waals surface area contributed by atoms with E-state index in [-0.39, 0.29) is 12.5 Å². The van der Waals surface area contributed by atoms with E-state index >= 15 is 0 Å². The zero-order valence-corrected chi connectivity index (χ0v) is 28.2. The summed E-state index contributed by atoms with van der Waals surface area (Å²) >= 11 is 19.6. The molecule has 1 amide bonds. The van der Waals surface area contributed by atoms with Crippen molar-refractivity contribution in [2.75, 3.05) is 0 Å². The van der Waals surface area contributed by atoms with Gasteiger partial charge in [-0.2, -0.15) is 5.01 Å². The minimum absolute atomic E-state index is 0.151. The molecule has 0 spiro atoms. The van der Waals surface area contributed by atoms with Gasteiger partial charge in [0.2, 0.25) is 0 Å². The molecule has 1 atom stereocenters. The fourth-order valence-electron chi connectivity index (χ4n) is 5.17. The molecule has 242 valence electrons. The summed E-state index contributed by atoms with van der Waals surface area (Å²) in [4.78, 5) is 25.1. The monoisotopic (exact) mass is 693 g/mol. The highest BCUT2D eigenvalue weighted by Gasteiger charge is 2.40. The molecular weight excluding hydrogens is 665 g/mol. The Balaban J connectivity index is 1.23. The van der Waals surface area contributed by atoms with Crippen LogP contribution in [0.2, 0.25) is 15.1 Å². The smallest absolute Gasteiger partial charge is 0.433 e. The van der Waals surface area contributed by atoms with Crippen LogP contribution >= 0.6 is 34.8 Å². The topological polar surface area (TPSA) is 114 Å². The maximum atomic E-state index is 12.9. The molecule has 1 fully saturated rings. The van der Waals surface area contributed by atoms with Crippen molar-refractivity contribution in [2.24, 2.45) is 5.41 Å². The first kappa shape index (κ1) is 32.6. The molecule has 1 saturated carbocycles. The van der Waals surface area contributed by atoms with Gasteiger partial charge in [-0.25, -0.2) is 4.79 Å². The molecule has 0 bridgehead atoms. The highest BCUT2D eigenvalue weighted by Crippen LogP contribution is 2.46. The zero-order valence-electron chi connectivity index (χ0n) is 25.9. The van der Waals surface area contributed by atoms with Crippen LogP contribution in [0.15, 0.2) is 76.1 Å². The number of carboxylic acids is 1. The third kappa shape index (κ3) is 6.72. The number of allylic oxidation sites excluding steroid dienone is 1. The summed E-state index contributed by atoms with van der Waals surface area (Å²) in [5.41, 5.74) is 4.37. The van der Waals surface area contributed by atoms with Crippen LogP contribution < -0.4 is 10.2 Å². The summed E-state index contributed by atoms with van der Waals surface area (Å²) in [6.07, 6.45) is 5.95. The van der Waals surface area contributed by atoms with Crippen LogP contribution in [-0.4, -0.2) is 32.9 Å². The fourth-order valence-corrected chi connectivity index (χ4v) is 5.96. The number of nitrogens with one attached hydrogen (secondary N) is 1. The highest BCUT2D eigenvalue weighted by molar-refractivity contribution is 6.39. The number of carboxylic acid groups (broad SMARTS) is 1. The number of halogens is 3. The molecule has 2 heterocycles. The number of rotatable bonds is 6. The minimum atomic E-state index is -1.43. The van der Waals surface area contributed by atoms with Crippen molar-refractivity contribution < 1.29 is 28.7 Å². The average molecular weight is 695 g/mol. The molecule has 2 aromatic carbocycles. The number of hydrogen-bond donors (Lipinski definition) is 2. The van der Waals surface area contributed by atoms with E-state index < -0.39 is 23.1 Å². The van der Waals surface area contributed by atoms with Crippen LogP contribution in [0.25, 0.3) is 11.3 Å². The van der Waals surface area contributed by atoms with E-state index in [1.807, 2.05) is 0 Å². The number of nitrogens with zero attached hydrogens (tertiary/aromatic N) is 2. The predicted octanol–water partition coefficient (Wildman–Crippen LogP) is 8.66. The normalized spacial score (nSPS) is 18.6. The van der Waals surface area contributed by atoms with Gasteiger partial charge in [0, 0.05) is 40.5 Å². The summed E-state index contributed by atoms with van der Waals surface area (Å²) in [6, 6.07) is 10.4. The summed E-state index contributed by atoms with van der Waals surface area (Å²) in [5, 5.41) is 16.7. The molecule has 9 nitrogen and oxygen atoms in total. The van der Waals surface area contributed by atoms with E-state index in [9.17, 15) is 14.7 Å². The molecule has 6 rings (SSSR count). The van der Waals surface area contributed by atoms with Crippen LogP contribution in [0.5, 0.6) is 5.75 Å². The van der Waals surface area contributed by atoms with Gasteiger partial charge in [-0.05, 0) is 77.0 Å². The summed E-state index contributed by atoms with van der Waals surface area (Å²) in [7, 11) is 0. The van der Waals surface area contributed by atoms with Crippen molar-refractivity contribution in [3.63, 3.8) is 0 Å². The van der Waals surface area contributed by atoms with Crippen molar-refractivity contribution in [1.29, 1.82) is 0 Å². The Morgan fingerprint density at radius 2 is 1.83 bits per heavy atom. The van der Waals surface area contributed by atoms with Crippen molar-refractivity contribution in [2.45, 2.75) is 58.7 Å². The van der Waals surface area contributed by atoms with Gasteiger partial charge in [0.1, 0.15) is 34.8 Å². The third-order valence-corrected chi connectivity index (χ3v) is 8.63. The fraction of sp³-hybridized carbons (Fsp3) is 0.286. The largest absolute Gasteiger partial charge is 0.489 e. The van der Waals surface area contributed by atoms with Gasteiger partial charge in [-0.1, -0.05) is 57.9 Å². The first-order valence-corrected chi connectivity index (χ1v) is 15.9. The molecule has 0 radical (unpaired) electrons. The number of benzene rings is 2. The molecule has 12 heteroatoms. The van der Waals surface area contributed by atoms with Crippen LogP contribution in [0.1, 0.15) is 63.3 Å². The van der Waals surface area contributed by atoms with Crippen molar-refractivity contribution in [3.8, 4) is 28.8 Å². The van der Waals surface area contributed by atoms with Gasteiger partial charge in [-0.3, -0.25) is 10.2 Å². The van der Waals surface area contributed by atoms with Crippen molar-refractivity contribution in [3.05, 3.63) is 104 Å². The summed E-state index contributed by atoms with van der Waals surface area (Å²) < 4.78 is 17.4. The number of carbonyl (C=O) groups excluding carboxylic acids is 1. The predicted molar refractivity (Wildman–Crippen MR) is 178 cm³/mol. The first-order valence-electron chi connectivity index (χ1n) is 14.8. The van der Waals surface area contributed by atoms with E-state index in [1.165, 1.54) is 18.0 Å². The highest BCUT2D eigenvalue weighted by atomic mass is 35.5. The molecule has 3 aromatic rings. The standard InChI is InChI=1S/C35H30Cl3N3O6/c1-34(2,3)46-33(44)41-28-16-35(4,32(42)43)15-21(23(28)17-39-41)11-8-19-12-13-22(14-27(19)38)45-18-24-30(40-47-31(24)20-9-10-20)29-25(36)6-5-7-26(29)37/h5-7,12-17,20,39H,9-10,18H2,1-4H3,(H,42,43). The molecule has 2 N–H and O–H groups in total. The Kier molecular flexibility index (Phi) is 8.56. The molecule has 1 aromatic heterocycles. The second kappa shape index (κ2) is 12.3. The minimum Gasteiger partial charge on any atom is -0.489 e. The Labute approximate surface area is 286 Å². The van der Waals surface area contributed by atoms with Gasteiger partial charge in [0.25, 0.3) is 0 Å². The lowest BCUT2D eigenvalue weighted by atomic mass is 9.80. The molecule has 3 aliphatic rings. The molecule has 2 aliphatic carbocycles. The molecule has 1 aliphatic heterocycles. The maximum absolute atomic E-state index is 12.9. The second-order valence-corrected chi connectivity index (χ2v) is 13.8. The van der Waals surface area contributed by atoms with Crippen molar-refractivity contribution in [1.82, 2.24) is 15.6 Å². The summed E-state index contributed by atoms with van der Waals surface area (Å²) in [5.74, 6) is 6.52. The number of ether oxygens (including phenoxy) is 2. The number of aromatic nitrogens is 1. The van der Waals surface area contributed by atoms with Gasteiger partial charge < -0.3 is 19.1 Å². The van der Waals surface area contributed by atoms with Crippen LogP contribution in [0, 0.1) is 17.3 Å². The number of carbonyl (C=O) groups is 2. The number of hydrazine groups is 1. The quantitative estimate of drug-likeness (QED) is 0.247. The van der Waals surface area contributed by atoms with E-state index in [1.54, 1.807) is 69.4 Å². The third-order valence-electron chi connectivity index (χ3n) is 7.68. The number of aliphatic carboxylic acids is 1. The van der Waals surface area contributed by atoms with Crippen LogP contribution in [-0.2, 0) is 16.1 Å². The lowest BCUT2D eigenvalue weighted by Gasteiger charge is -2.29. The Morgan fingerprint density at radius 1 is 1.11 bits per heavy atom. The Hall–Kier alpha value is -4.36. The Morgan fingerprint density at radius 3 is 2.47 bits per heavy atom. The molecular formula is C35H30Cl3N3O6. The van der Waals surface area contributed by atoms with Gasteiger partial charge >= 0.3 is 12.1 Å². The van der Waals surface area contributed by atoms with E-state index in [0.29, 0.717) is 54.5 Å². The number of fused-ring (bicyclic) bond motifs is 1. The van der Waals surface area contributed by atoms with E-state index in [2.05, 4.69) is 22.4 Å². The second-order valence-electron chi connectivity index (χ2n) is 12.6. The van der Waals surface area contributed by atoms with Gasteiger partial charge in [-0.15, -0.1) is 0 Å². The Bertz CT molecular complexity index is 1940. The van der Waals surface area contributed by atoms with Crippen LogP contribution in [0.4, 0.5) is 4.79 Å². The number of amides is 1.